The van der Waals surface area contributed by atoms with Crippen LogP contribution in [-0.4, -0.2) is 40.2 Å². The minimum absolute atomic E-state index is 0.150. The molecule has 0 heterocycles. The SMILES string of the molecule is COc1ccc(Cl)cc1C(=O)NCCC[NH+](C)C. The molecule has 0 aliphatic heterocycles. The van der Waals surface area contributed by atoms with E-state index in [1.165, 1.54) is 12.0 Å². The summed E-state index contributed by atoms with van der Waals surface area (Å²) in [6.45, 7) is 1.67. The Balaban J connectivity index is 2.58. The predicted octanol–water partition coefficient (Wildman–Crippen LogP) is 0.613. The lowest BCUT2D eigenvalue weighted by molar-refractivity contribution is -0.858. The van der Waals surface area contributed by atoms with Gasteiger partial charge in [-0.05, 0) is 18.2 Å². The van der Waals surface area contributed by atoms with Gasteiger partial charge in [-0.2, -0.15) is 0 Å². The first-order chi connectivity index (χ1) is 8.54. The maximum Gasteiger partial charge on any atom is 0.255 e. The molecule has 0 aliphatic carbocycles. The van der Waals surface area contributed by atoms with E-state index < -0.39 is 0 Å². The summed E-state index contributed by atoms with van der Waals surface area (Å²) in [5, 5.41) is 3.39. The number of nitrogens with one attached hydrogen (secondary N) is 2. The van der Waals surface area contributed by atoms with Crippen molar-refractivity contribution in [3.8, 4) is 5.75 Å². The fourth-order valence-corrected chi connectivity index (χ4v) is 1.77. The minimum Gasteiger partial charge on any atom is -0.496 e. The second kappa shape index (κ2) is 7.24. The molecule has 5 heteroatoms. The van der Waals surface area contributed by atoms with Crippen LogP contribution in [-0.2, 0) is 0 Å². The normalized spacial score (nSPS) is 10.5. The van der Waals surface area contributed by atoms with Gasteiger partial charge in [0.25, 0.3) is 5.91 Å². The molecular weight excluding hydrogens is 252 g/mol. The van der Waals surface area contributed by atoms with E-state index in [1.54, 1.807) is 18.2 Å². The summed E-state index contributed by atoms with van der Waals surface area (Å²) in [7, 11) is 5.71. The largest absolute Gasteiger partial charge is 0.496 e. The third kappa shape index (κ3) is 4.55. The summed E-state index contributed by atoms with van der Waals surface area (Å²) in [5.74, 6) is 0.387. The van der Waals surface area contributed by atoms with E-state index >= 15 is 0 Å². The Morgan fingerprint density at radius 1 is 1.44 bits per heavy atom. The Morgan fingerprint density at radius 2 is 2.17 bits per heavy atom. The van der Waals surface area contributed by atoms with E-state index in [2.05, 4.69) is 19.4 Å². The molecule has 1 amide bonds. The van der Waals surface area contributed by atoms with Crippen molar-refractivity contribution in [3.05, 3.63) is 28.8 Å². The Morgan fingerprint density at radius 3 is 2.78 bits per heavy atom. The fraction of sp³-hybridized carbons (Fsp3) is 0.462. The molecule has 0 unspecified atom stereocenters. The fourth-order valence-electron chi connectivity index (χ4n) is 1.60. The molecule has 1 aromatic rings. The van der Waals surface area contributed by atoms with Gasteiger partial charge in [-0.1, -0.05) is 11.6 Å². The molecule has 0 bridgehead atoms. The molecule has 1 aromatic carbocycles. The minimum atomic E-state index is -0.150. The maximum absolute atomic E-state index is 12.0. The summed E-state index contributed by atoms with van der Waals surface area (Å²) in [4.78, 5) is 13.3. The lowest BCUT2D eigenvalue weighted by atomic mass is 10.2. The highest BCUT2D eigenvalue weighted by Gasteiger charge is 2.12. The molecule has 2 N–H and O–H groups in total. The molecule has 18 heavy (non-hydrogen) atoms. The topological polar surface area (TPSA) is 42.8 Å². The molecule has 0 spiro atoms. The zero-order valence-corrected chi connectivity index (χ0v) is 11.8. The van der Waals surface area contributed by atoms with Crippen LogP contribution >= 0.6 is 11.6 Å². The monoisotopic (exact) mass is 271 g/mol. The number of hydrogen-bond acceptors (Lipinski definition) is 2. The molecule has 0 saturated carbocycles. The lowest BCUT2D eigenvalue weighted by Crippen LogP contribution is -3.05. The maximum atomic E-state index is 12.0. The van der Waals surface area contributed by atoms with Crippen molar-refractivity contribution in [2.75, 3.05) is 34.3 Å². The number of hydrogen-bond donors (Lipinski definition) is 2. The van der Waals surface area contributed by atoms with Crippen LogP contribution < -0.4 is 15.0 Å². The van der Waals surface area contributed by atoms with Gasteiger partial charge in [-0.25, -0.2) is 0 Å². The van der Waals surface area contributed by atoms with Gasteiger partial charge in [0.2, 0.25) is 0 Å². The van der Waals surface area contributed by atoms with Gasteiger partial charge in [0, 0.05) is 18.0 Å². The van der Waals surface area contributed by atoms with Crippen molar-refractivity contribution in [1.29, 1.82) is 0 Å². The summed E-state index contributed by atoms with van der Waals surface area (Å²) in [6, 6.07) is 5.01. The van der Waals surface area contributed by atoms with Gasteiger partial charge in [-0.15, -0.1) is 0 Å². The number of methoxy groups -OCH3 is 1. The highest BCUT2D eigenvalue weighted by Crippen LogP contribution is 2.22. The molecular formula is C13H20ClN2O2+. The number of carbonyl (C=O) groups is 1. The number of halogens is 1. The number of quaternary nitrogens is 1. The number of amides is 1. The van der Waals surface area contributed by atoms with E-state index in [4.69, 9.17) is 16.3 Å². The third-order valence-electron chi connectivity index (χ3n) is 2.55. The summed E-state index contributed by atoms with van der Waals surface area (Å²) < 4.78 is 5.14. The summed E-state index contributed by atoms with van der Waals surface area (Å²) in [6.07, 6.45) is 0.941. The predicted molar refractivity (Wildman–Crippen MR) is 72.6 cm³/mol. The van der Waals surface area contributed by atoms with Gasteiger partial charge >= 0.3 is 0 Å². The van der Waals surface area contributed by atoms with Gasteiger partial charge in [0.15, 0.2) is 0 Å². The molecule has 0 aromatic heterocycles. The second-order valence-electron chi connectivity index (χ2n) is 4.41. The van der Waals surface area contributed by atoms with Crippen molar-refractivity contribution in [3.63, 3.8) is 0 Å². The van der Waals surface area contributed by atoms with Gasteiger partial charge < -0.3 is 15.0 Å². The van der Waals surface area contributed by atoms with Crippen LogP contribution in [0.1, 0.15) is 16.8 Å². The van der Waals surface area contributed by atoms with E-state index in [-0.39, 0.29) is 5.91 Å². The van der Waals surface area contributed by atoms with Crippen molar-refractivity contribution in [1.82, 2.24) is 5.32 Å². The van der Waals surface area contributed by atoms with Crippen molar-refractivity contribution >= 4 is 17.5 Å². The van der Waals surface area contributed by atoms with Crippen LogP contribution in [0.25, 0.3) is 0 Å². The quantitative estimate of drug-likeness (QED) is 0.745. The van der Waals surface area contributed by atoms with Crippen LogP contribution in [0, 0.1) is 0 Å². The second-order valence-corrected chi connectivity index (χ2v) is 4.85. The van der Waals surface area contributed by atoms with Crippen LogP contribution in [0.3, 0.4) is 0 Å². The van der Waals surface area contributed by atoms with Gasteiger partial charge in [0.1, 0.15) is 5.75 Å². The Labute approximate surface area is 113 Å². The Bertz CT molecular complexity index is 408. The number of carbonyl (C=O) groups excluding carboxylic acids is 1. The summed E-state index contributed by atoms with van der Waals surface area (Å²) >= 11 is 5.88. The van der Waals surface area contributed by atoms with Crippen LogP contribution in [0.5, 0.6) is 5.75 Å². The molecule has 4 nitrogen and oxygen atoms in total. The van der Waals surface area contributed by atoms with Crippen molar-refractivity contribution in [2.45, 2.75) is 6.42 Å². The average molecular weight is 272 g/mol. The van der Waals surface area contributed by atoms with Gasteiger partial charge in [-0.3, -0.25) is 4.79 Å². The van der Waals surface area contributed by atoms with Crippen molar-refractivity contribution < 1.29 is 14.4 Å². The number of ether oxygens (including phenoxy) is 1. The van der Waals surface area contributed by atoms with E-state index in [1.807, 2.05) is 0 Å². The lowest BCUT2D eigenvalue weighted by Gasteiger charge is -2.10. The average Bonchev–Trinajstić information content (AvgIpc) is 2.34. The molecule has 0 aliphatic rings. The smallest absolute Gasteiger partial charge is 0.255 e. The van der Waals surface area contributed by atoms with E-state index in [0.29, 0.717) is 22.9 Å². The Hall–Kier alpha value is -1.26. The van der Waals surface area contributed by atoms with E-state index in [0.717, 1.165) is 13.0 Å². The van der Waals surface area contributed by atoms with Gasteiger partial charge in [0.05, 0.1) is 33.3 Å². The first-order valence-electron chi connectivity index (χ1n) is 5.95. The number of rotatable bonds is 6. The first-order valence-corrected chi connectivity index (χ1v) is 6.33. The highest BCUT2D eigenvalue weighted by atomic mass is 35.5. The first kappa shape index (κ1) is 14.8. The Kier molecular flexibility index (Phi) is 5.95. The van der Waals surface area contributed by atoms with Crippen LogP contribution in [0.15, 0.2) is 18.2 Å². The molecule has 100 valence electrons. The highest BCUT2D eigenvalue weighted by molar-refractivity contribution is 6.31. The molecule has 0 radical (unpaired) electrons. The van der Waals surface area contributed by atoms with E-state index in [9.17, 15) is 4.79 Å². The number of benzene rings is 1. The zero-order chi connectivity index (χ0) is 13.5. The van der Waals surface area contributed by atoms with Crippen molar-refractivity contribution in [2.24, 2.45) is 0 Å². The van der Waals surface area contributed by atoms with Crippen LogP contribution in [0.2, 0.25) is 5.02 Å². The summed E-state index contributed by atoms with van der Waals surface area (Å²) in [5.41, 5.74) is 0.474. The molecule has 0 atom stereocenters. The standard InChI is InChI=1S/C13H19ClN2O2/c1-16(2)8-4-7-15-13(17)11-9-10(14)5-6-12(11)18-3/h5-6,9H,4,7-8H2,1-3H3,(H,15,17)/p+1. The molecule has 1 rings (SSSR count). The third-order valence-corrected chi connectivity index (χ3v) is 2.78. The zero-order valence-electron chi connectivity index (χ0n) is 11.0. The van der Waals surface area contributed by atoms with Crippen LogP contribution in [0.4, 0.5) is 0 Å². The molecule has 0 fully saturated rings. The molecule has 0 saturated heterocycles.